The van der Waals surface area contributed by atoms with Gasteiger partial charge in [-0.1, -0.05) is 19.3 Å². The number of ether oxygens (including phenoxy) is 1. The summed E-state index contributed by atoms with van der Waals surface area (Å²) in [5.74, 6) is 0.582. The number of hydrogen-bond donors (Lipinski definition) is 0. The second-order valence-corrected chi connectivity index (χ2v) is 5.62. The lowest BCUT2D eigenvalue weighted by Crippen LogP contribution is -2.16. The summed E-state index contributed by atoms with van der Waals surface area (Å²) in [7, 11) is 0. The van der Waals surface area contributed by atoms with Gasteiger partial charge in [0.1, 0.15) is 0 Å². The first-order valence-electron chi connectivity index (χ1n) is 7.47. The minimum Gasteiger partial charge on any atom is -0.462 e. The molecule has 3 heteroatoms. The molecule has 1 fully saturated rings. The SMILES string of the molecule is CCOC(=O)c1cc(C)n(CC2CCCCC2)c1C. The van der Waals surface area contributed by atoms with Gasteiger partial charge in [0.25, 0.3) is 0 Å². The molecule has 1 aliphatic carbocycles. The molecule has 0 atom stereocenters. The molecular weight excluding hydrogens is 238 g/mol. The van der Waals surface area contributed by atoms with Gasteiger partial charge in [0.05, 0.1) is 12.2 Å². The van der Waals surface area contributed by atoms with Gasteiger partial charge in [-0.3, -0.25) is 0 Å². The first-order valence-corrected chi connectivity index (χ1v) is 7.47. The van der Waals surface area contributed by atoms with Crippen LogP contribution in [0, 0.1) is 19.8 Å². The first-order chi connectivity index (χ1) is 9.13. The number of hydrogen-bond acceptors (Lipinski definition) is 2. The normalized spacial score (nSPS) is 16.6. The van der Waals surface area contributed by atoms with Crippen molar-refractivity contribution in [3.05, 3.63) is 23.0 Å². The summed E-state index contributed by atoms with van der Waals surface area (Å²) in [6, 6.07) is 1.97. The van der Waals surface area contributed by atoms with Crippen molar-refractivity contribution in [2.24, 2.45) is 5.92 Å². The highest BCUT2D eigenvalue weighted by Gasteiger charge is 2.20. The zero-order chi connectivity index (χ0) is 13.8. The van der Waals surface area contributed by atoms with E-state index in [-0.39, 0.29) is 5.97 Å². The van der Waals surface area contributed by atoms with Gasteiger partial charge in [-0.15, -0.1) is 0 Å². The van der Waals surface area contributed by atoms with E-state index in [1.54, 1.807) is 0 Å². The molecule has 1 aromatic rings. The number of carbonyl (C=O) groups is 1. The van der Waals surface area contributed by atoms with Gasteiger partial charge in [-0.25, -0.2) is 4.79 Å². The molecule has 1 heterocycles. The van der Waals surface area contributed by atoms with Crippen LogP contribution in [0.2, 0.25) is 0 Å². The van der Waals surface area contributed by atoms with Gasteiger partial charge in [-0.2, -0.15) is 0 Å². The smallest absolute Gasteiger partial charge is 0.339 e. The van der Waals surface area contributed by atoms with Crippen LogP contribution in [-0.4, -0.2) is 17.1 Å². The fourth-order valence-electron chi connectivity index (χ4n) is 3.13. The average molecular weight is 263 g/mol. The molecule has 0 bridgehead atoms. The number of esters is 1. The first kappa shape index (κ1) is 14.2. The minimum absolute atomic E-state index is 0.189. The van der Waals surface area contributed by atoms with Crippen molar-refractivity contribution in [1.29, 1.82) is 0 Å². The van der Waals surface area contributed by atoms with Crippen LogP contribution >= 0.6 is 0 Å². The third-order valence-corrected chi connectivity index (χ3v) is 4.23. The largest absolute Gasteiger partial charge is 0.462 e. The Kier molecular flexibility index (Phi) is 4.67. The molecule has 1 aliphatic rings. The molecule has 3 nitrogen and oxygen atoms in total. The van der Waals surface area contributed by atoms with E-state index in [1.165, 1.54) is 37.8 Å². The van der Waals surface area contributed by atoms with Crippen molar-refractivity contribution in [2.45, 2.75) is 59.4 Å². The Balaban J connectivity index is 2.14. The molecule has 0 aromatic carbocycles. The van der Waals surface area contributed by atoms with E-state index in [2.05, 4.69) is 11.5 Å². The second kappa shape index (κ2) is 6.27. The van der Waals surface area contributed by atoms with Gasteiger partial charge in [0, 0.05) is 17.9 Å². The summed E-state index contributed by atoms with van der Waals surface area (Å²) >= 11 is 0. The lowest BCUT2D eigenvalue weighted by atomic mass is 9.89. The van der Waals surface area contributed by atoms with Crippen LogP contribution in [-0.2, 0) is 11.3 Å². The Morgan fingerprint density at radius 2 is 2.00 bits per heavy atom. The zero-order valence-electron chi connectivity index (χ0n) is 12.4. The standard InChI is InChI=1S/C16H25NO2/c1-4-19-16(18)15-10-12(2)17(13(15)3)11-14-8-6-5-7-9-14/h10,14H,4-9,11H2,1-3H3. The second-order valence-electron chi connectivity index (χ2n) is 5.62. The molecule has 1 aromatic heterocycles. The number of nitrogens with zero attached hydrogens (tertiary/aromatic N) is 1. The highest BCUT2D eigenvalue weighted by molar-refractivity contribution is 5.91. The molecule has 0 unspecified atom stereocenters. The molecule has 19 heavy (non-hydrogen) atoms. The number of rotatable bonds is 4. The Labute approximate surface area is 115 Å². The predicted molar refractivity (Wildman–Crippen MR) is 76.4 cm³/mol. The summed E-state index contributed by atoms with van der Waals surface area (Å²) in [4.78, 5) is 11.9. The molecule has 106 valence electrons. The molecule has 0 amide bonds. The molecule has 1 saturated carbocycles. The highest BCUT2D eigenvalue weighted by atomic mass is 16.5. The van der Waals surface area contributed by atoms with Gasteiger partial charge >= 0.3 is 5.97 Å². The molecule has 0 spiro atoms. The van der Waals surface area contributed by atoms with Crippen LogP contribution in [0.5, 0.6) is 0 Å². The van der Waals surface area contributed by atoms with E-state index in [0.717, 1.165) is 23.7 Å². The Morgan fingerprint density at radius 3 is 2.63 bits per heavy atom. The third kappa shape index (κ3) is 3.20. The zero-order valence-corrected chi connectivity index (χ0v) is 12.4. The Bertz CT molecular complexity index is 442. The predicted octanol–water partition coefficient (Wildman–Crippen LogP) is 3.86. The summed E-state index contributed by atoms with van der Waals surface area (Å²) in [5, 5.41) is 0. The van der Waals surface area contributed by atoms with Gasteiger partial charge in [0.15, 0.2) is 0 Å². The summed E-state index contributed by atoms with van der Waals surface area (Å²) in [6.07, 6.45) is 6.75. The van der Waals surface area contributed by atoms with Crippen LogP contribution in [0.25, 0.3) is 0 Å². The van der Waals surface area contributed by atoms with Gasteiger partial charge < -0.3 is 9.30 Å². The van der Waals surface area contributed by atoms with Crippen molar-refractivity contribution < 1.29 is 9.53 Å². The molecule has 0 N–H and O–H groups in total. The van der Waals surface area contributed by atoms with E-state index < -0.39 is 0 Å². The number of carbonyl (C=O) groups excluding carboxylic acids is 1. The van der Waals surface area contributed by atoms with Crippen molar-refractivity contribution in [3.63, 3.8) is 0 Å². The molecule has 0 radical (unpaired) electrons. The number of aryl methyl sites for hydroxylation is 1. The molecule has 0 aliphatic heterocycles. The quantitative estimate of drug-likeness (QED) is 0.772. The monoisotopic (exact) mass is 263 g/mol. The van der Waals surface area contributed by atoms with Crippen LogP contribution < -0.4 is 0 Å². The number of aromatic nitrogens is 1. The topological polar surface area (TPSA) is 31.2 Å². The molecular formula is C16H25NO2. The fourth-order valence-corrected chi connectivity index (χ4v) is 3.13. The Hall–Kier alpha value is -1.25. The maximum atomic E-state index is 11.9. The van der Waals surface area contributed by atoms with Gasteiger partial charge in [0.2, 0.25) is 0 Å². The van der Waals surface area contributed by atoms with Crippen molar-refractivity contribution >= 4 is 5.97 Å². The maximum Gasteiger partial charge on any atom is 0.339 e. The minimum atomic E-state index is -0.189. The van der Waals surface area contributed by atoms with Crippen molar-refractivity contribution in [3.8, 4) is 0 Å². The third-order valence-electron chi connectivity index (χ3n) is 4.23. The van der Waals surface area contributed by atoms with Crippen molar-refractivity contribution in [1.82, 2.24) is 4.57 Å². The lowest BCUT2D eigenvalue weighted by molar-refractivity contribution is 0.0525. The molecule has 2 rings (SSSR count). The highest BCUT2D eigenvalue weighted by Crippen LogP contribution is 2.27. The van der Waals surface area contributed by atoms with Gasteiger partial charge in [-0.05, 0) is 45.6 Å². The lowest BCUT2D eigenvalue weighted by Gasteiger charge is -2.23. The van der Waals surface area contributed by atoms with E-state index in [0.29, 0.717) is 6.61 Å². The summed E-state index contributed by atoms with van der Waals surface area (Å²) < 4.78 is 7.41. The van der Waals surface area contributed by atoms with Crippen LogP contribution in [0.1, 0.15) is 60.8 Å². The summed E-state index contributed by atoms with van der Waals surface area (Å²) in [5.41, 5.74) is 2.96. The molecule has 0 saturated heterocycles. The van der Waals surface area contributed by atoms with Crippen LogP contribution in [0.15, 0.2) is 6.07 Å². The van der Waals surface area contributed by atoms with Crippen molar-refractivity contribution in [2.75, 3.05) is 6.61 Å². The van der Waals surface area contributed by atoms with E-state index in [1.807, 2.05) is 19.9 Å². The van der Waals surface area contributed by atoms with E-state index in [9.17, 15) is 4.79 Å². The average Bonchev–Trinajstić information content (AvgIpc) is 2.68. The Morgan fingerprint density at radius 1 is 1.32 bits per heavy atom. The van der Waals surface area contributed by atoms with E-state index in [4.69, 9.17) is 4.74 Å². The van der Waals surface area contributed by atoms with Crippen LogP contribution in [0.4, 0.5) is 0 Å². The van der Waals surface area contributed by atoms with Crippen LogP contribution in [0.3, 0.4) is 0 Å². The summed E-state index contributed by atoms with van der Waals surface area (Å²) in [6.45, 7) is 7.45. The van der Waals surface area contributed by atoms with E-state index >= 15 is 0 Å². The maximum absolute atomic E-state index is 11.9. The fraction of sp³-hybridized carbons (Fsp3) is 0.688.